The van der Waals surface area contributed by atoms with Crippen LogP contribution < -0.4 is 0 Å². The molecule has 2 rings (SSSR count). The van der Waals surface area contributed by atoms with Crippen LogP contribution >= 0.6 is 0 Å². The van der Waals surface area contributed by atoms with Crippen molar-refractivity contribution in [3.05, 3.63) is 0 Å². The maximum atomic E-state index is 12.7. The molecule has 0 aromatic heterocycles. The molecule has 1 nitrogen and oxygen atoms in total. The number of hydrogen-bond acceptors (Lipinski definition) is 1. The monoisotopic (exact) mass is 306 g/mol. The lowest BCUT2D eigenvalue weighted by Crippen LogP contribution is -2.33. The number of Topliss-reactive ketones (excluding diaryl/α,β-unsaturated/α-hetero) is 1. The zero-order valence-electron chi connectivity index (χ0n) is 15.8. The van der Waals surface area contributed by atoms with Gasteiger partial charge in [0.2, 0.25) is 0 Å². The molecular weight excluding hydrogens is 268 g/mol. The van der Waals surface area contributed by atoms with Crippen LogP contribution in [0, 0.1) is 47.3 Å². The van der Waals surface area contributed by atoms with Gasteiger partial charge in [-0.2, -0.15) is 0 Å². The second-order valence-corrected chi connectivity index (χ2v) is 9.34. The van der Waals surface area contributed by atoms with Crippen LogP contribution in [0.2, 0.25) is 0 Å². The lowest BCUT2D eigenvalue weighted by molar-refractivity contribution is -0.123. The van der Waals surface area contributed by atoms with Crippen molar-refractivity contribution in [1.82, 2.24) is 0 Å². The summed E-state index contributed by atoms with van der Waals surface area (Å²) in [6.45, 7) is 14.2. The molecule has 2 fully saturated rings. The van der Waals surface area contributed by atoms with E-state index >= 15 is 0 Å². The Kier molecular flexibility index (Phi) is 6.14. The summed E-state index contributed by atoms with van der Waals surface area (Å²) in [5.41, 5.74) is 0. The lowest BCUT2D eigenvalue weighted by atomic mass is 9.65. The third-order valence-electron chi connectivity index (χ3n) is 6.95. The van der Waals surface area contributed by atoms with Crippen LogP contribution in [0.25, 0.3) is 0 Å². The van der Waals surface area contributed by atoms with Crippen LogP contribution in [0.5, 0.6) is 0 Å². The van der Waals surface area contributed by atoms with Gasteiger partial charge in [0, 0.05) is 12.8 Å². The normalized spacial score (nSPS) is 46.5. The molecule has 2 aliphatic rings. The van der Waals surface area contributed by atoms with Crippen LogP contribution in [-0.2, 0) is 4.79 Å². The summed E-state index contributed by atoms with van der Waals surface area (Å²) >= 11 is 0. The second kappa shape index (κ2) is 7.49. The van der Waals surface area contributed by atoms with Crippen molar-refractivity contribution < 1.29 is 4.79 Å². The SMILES string of the molecule is CC1CC(C)C(CC(=O)CC2C(C)CC(C)CC2C)C(C)C1. The van der Waals surface area contributed by atoms with Gasteiger partial charge in [-0.15, -0.1) is 0 Å². The Morgan fingerprint density at radius 1 is 0.636 bits per heavy atom. The summed E-state index contributed by atoms with van der Waals surface area (Å²) in [6, 6.07) is 0. The number of carbonyl (C=O) groups is 1. The van der Waals surface area contributed by atoms with Gasteiger partial charge in [0.1, 0.15) is 5.78 Å². The van der Waals surface area contributed by atoms with Crippen LogP contribution in [0.1, 0.15) is 80.1 Å². The van der Waals surface area contributed by atoms with Crippen molar-refractivity contribution >= 4 is 5.78 Å². The predicted molar refractivity (Wildman–Crippen MR) is 94.7 cm³/mol. The van der Waals surface area contributed by atoms with E-state index in [1.807, 2.05) is 0 Å². The fourth-order valence-electron chi connectivity index (χ4n) is 5.97. The average Bonchev–Trinajstić information content (AvgIpc) is 2.38. The first-order valence-corrected chi connectivity index (χ1v) is 9.79. The highest BCUT2D eigenvalue weighted by atomic mass is 16.1. The van der Waals surface area contributed by atoms with Gasteiger partial charge in [-0.1, -0.05) is 41.5 Å². The molecule has 0 radical (unpaired) electrons. The molecule has 2 aliphatic carbocycles. The van der Waals surface area contributed by atoms with Crippen LogP contribution in [-0.4, -0.2) is 5.78 Å². The molecular formula is C21H38O. The number of rotatable bonds is 4. The zero-order valence-corrected chi connectivity index (χ0v) is 15.8. The van der Waals surface area contributed by atoms with Gasteiger partial charge in [0.15, 0.2) is 0 Å². The average molecular weight is 307 g/mol. The molecule has 0 heterocycles. The molecule has 0 N–H and O–H groups in total. The predicted octanol–water partition coefficient (Wildman–Crippen LogP) is 5.97. The van der Waals surface area contributed by atoms with Crippen molar-refractivity contribution in [3.8, 4) is 0 Å². The molecule has 2 saturated carbocycles. The molecule has 0 saturated heterocycles. The Morgan fingerprint density at radius 3 is 1.18 bits per heavy atom. The van der Waals surface area contributed by atoms with Gasteiger partial charge in [0.05, 0.1) is 0 Å². The summed E-state index contributed by atoms with van der Waals surface area (Å²) in [7, 11) is 0. The van der Waals surface area contributed by atoms with E-state index in [2.05, 4.69) is 41.5 Å². The highest BCUT2D eigenvalue weighted by Gasteiger charge is 2.35. The van der Waals surface area contributed by atoms with Crippen molar-refractivity contribution in [2.24, 2.45) is 47.3 Å². The molecule has 128 valence electrons. The third kappa shape index (κ3) is 4.36. The summed E-state index contributed by atoms with van der Waals surface area (Å²) in [6.07, 6.45) is 6.96. The van der Waals surface area contributed by atoms with E-state index in [4.69, 9.17) is 0 Å². The minimum Gasteiger partial charge on any atom is -0.300 e. The molecule has 22 heavy (non-hydrogen) atoms. The molecule has 0 aliphatic heterocycles. The molecule has 0 aromatic carbocycles. The molecule has 4 atom stereocenters. The van der Waals surface area contributed by atoms with Crippen molar-refractivity contribution in [2.45, 2.75) is 80.1 Å². The topological polar surface area (TPSA) is 17.1 Å². The van der Waals surface area contributed by atoms with Gasteiger partial charge >= 0.3 is 0 Å². The van der Waals surface area contributed by atoms with Gasteiger partial charge in [-0.05, 0) is 73.0 Å². The van der Waals surface area contributed by atoms with E-state index in [0.29, 0.717) is 17.6 Å². The van der Waals surface area contributed by atoms with Gasteiger partial charge < -0.3 is 0 Å². The van der Waals surface area contributed by atoms with Crippen LogP contribution in [0.4, 0.5) is 0 Å². The maximum Gasteiger partial charge on any atom is 0.133 e. The Labute approximate surface area is 138 Å². The highest BCUT2D eigenvalue weighted by molar-refractivity contribution is 5.79. The summed E-state index contributed by atoms with van der Waals surface area (Å²) < 4.78 is 0. The first kappa shape index (κ1) is 18.0. The summed E-state index contributed by atoms with van der Waals surface area (Å²) in [5.74, 6) is 6.42. The quantitative estimate of drug-likeness (QED) is 0.625. The number of ketones is 1. The Balaban J connectivity index is 1.89. The number of carbonyl (C=O) groups excluding carboxylic acids is 1. The Bertz CT molecular complexity index is 316. The summed E-state index contributed by atoms with van der Waals surface area (Å²) in [5, 5.41) is 0. The molecule has 1 heteroatoms. The molecule has 4 unspecified atom stereocenters. The first-order chi connectivity index (χ1) is 10.3. The maximum absolute atomic E-state index is 12.7. The molecule has 0 bridgehead atoms. The van der Waals surface area contributed by atoms with Crippen molar-refractivity contribution in [3.63, 3.8) is 0 Å². The smallest absolute Gasteiger partial charge is 0.133 e. The fourth-order valence-corrected chi connectivity index (χ4v) is 5.97. The van der Waals surface area contributed by atoms with Gasteiger partial charge in [-0.3, -0.25) is 4.79 Å². The van der Waals surface area contributed by atoms with E-state index in [0.717, 1.165) is 48.3 Å². The standard InChI is InChI=1S/C21H38O/c1-13-7-15(3)20(16(4)8-13)11-19(22)12-21-17(5)9-14(2)10-18(21)6/h13-18,20-21H,7-12H2,1-6H3. The lowest BCUT2D eigenvalue weighted by Gasteiger charge is -2.40. The van der Waals surface area contributed by atoms with E-state index in [9.17, 15) is 4.79 Å². The highest BCUT2D eigenvalue weighted by Crippen LogP contribution is 2.42. The van der Waals surface area contributed by atoms with E-state index in [1.54, 1.807) is 0 Å². The van der Waals surface area contributed by atoms with Gasteiger partial charge in [-0.25, -0.2) is 0 Å². The molecule has 0 spiro atoms. The van der Waals surface area contributed by atoms with Crippen molar-refractivity contribution in [2.75, 3.05) is 0 Å². The zero-order chi connectivity index (χ0) is 16.4. The second-order valence-electron chi connectivity index (χ2n) is 9.34. The van der Waals surface area contributed by atoms with Gasteiger partial charge in [0.25, 0.3) is 0 Å². The third-order valence-corrected chi connectivity index (χ3v) is 6.95. The van der Waals surface area contributed by atoms with E-state index < -0.39 is 0 Å². The largest absolute Gasteiger partial charge is 0.300 e. The Hall–Kier alpha value is -0.330. The van der Waals surface area contributed by atoms with Crippen LogP contribution in [0.3, 0.4) is 0 Å². The number of hydrogen-bond donors (Lipinski definition) is 0. The minimum atomic E-state index is 0.552. The van der Waals surface area contributed by atoms with Crippen molar-refractivity contribution in [1.29, 1.82) is 0 Å². The Morgan fingerprint density at radius 2 is 0.909 bits per heavy atom. The summed E-state index contributed by atoms with van der Waals surface area (Å²) in [4.78, 5) is 12.7. The minimum absolute atomic E-state index is 0.552. The molecule has 0 amide bonds. The van der Waals surface area contributed by atoms with Crippen LogP contribution in [0.15, 0.2) is 0 Å². The van der Waals surface area contributed by atoms with E-state index in [-0.39, 0.29) is 0 Å². The first-order valence-electron chi connectivity index (χ1n) is 9.79. The van der Waals surface area contributed by atoms with E-state index in [1.165, 1.54) is 25.7 Å². The molecule has 0 aromatic rings. The fraction of sp³-hybridized carbons (Fsp3) is 0.952.